The maximum Gasteiger partial charge on any atom is 0.322 e. The number of anilines is 1. The Morgan fingerprint density at radius 2 is 1.79 bits per heavy atom. The monoisotopic (exact) mass is 782 g/mol. The Kier molecular flexibility index (Phi) is 8.99. The number of carbonyl (C=O) groups is 2. The van der Waals surface area contributed by atoms with Gasteiger partial charge in [-0.25, -0.2) is 0 Å². The molecule has 3 N–H and O–H groups in total. The van der Waals surface area contributed by atoms with Crippen molar-refractivity contribution in [1.29, 1.82) is 0 Å². The number of rotatable bonds is 7. The predicted octanol–water partition coefficient (Wildman–Crippen LogP) is 4.42. The highest BCUT2D eigenvalue weighted by Crippen LogP contribution is 2.68. The van der Waals surface area contributed by atoms with Gasteiger partial charge in [0.15, 0.2) is 0 Å². The molecular weight excluding hydrogens is 725 g/mol. The first-order valence-corrected chi connectivity index (χ1v) is 20.8. The number of ether oxygens (including phenoxy) is 4. The number of carbonyl (C=O) groups excluding carboxylic acids is 2. The predicted molar refractivity (Wildman–Crippen MR) is 215 cm³/mol. The number of nitrogens with zero attached hydrogens (tertiary/aromatic N) is 3. The fourth-order valence-corrected chi connectivity index (χ4v) is 13.4. The van der Waals surface area contributed by atoms with Gasteiger partial charge in [0.25, 0.3) is 5.79 Å². The Hall–Kier alpha value is -3.94. The smallest absolute Gasteiger partial charge is 0.322 e. The van der Waals surface area contributed by atoms with Crippen molar-refractivity contribution in [3.05, 3.63) is 70.9 Å². The lowest BCUT2D eigenvalue weighted by atomic mass is 9.50. The van der Waals surface area contributed by atoms with Gasteiger partial charge in [0, 0.05) is 98.0 Å². The van der Waals surface area contributed by atoms with Gasteiger partial charge < -0.3 is 39.0 Å². The fourth-order valence-electron chi connectivity index (χ4n) is 13.4. The summed E-state index contributed by atoms with van der Waals surface area (Å²) >= 11 is 0. The largest absolute Gasteiger partial charge is 0.496 e. The van der Waals surface area contributed by atoms with E-state index in [0.29, 0.717) is 56.4 Å². The second-order valence-electron chi connectivity index (χ2n) is 17.9. The number of hydrogen-bond acceptors (Lipinski definition) is 11. The van der Waals surface area contributed by atoms with E-state index in [4.69, 9.17) is 18.9 Å². The van der Waals surface area contributed by atoms with E-state index >= 15 is 4.79 Å². The van der Waals surface area contributed by atoms with Crippen molar-refractivity contribution < 1.29 is 38.7 Å². The molecule has 3 aromatic rings. The number of aliphatic hydroxyl groups is 2. The minimum Gasteiger partial charge on any atom is -0.496 e. The first-order valence-electron chi connectivity index (χ1n) is 20.8. The number of esters is 2. The molecule has 57 heavy (non-hydrogen) atoms. The summed E-state index contributed by atoms with van der Waals surface area (Å²) < 4.78 is 24.8. The summed E-state index contributed by atoms with van der Waals surface area (Å²) in [5.41, 5.74) is 1.55. The molecule has 12 nitrogen and oxygen atoms in total. The van der Waals surface area contributed by atoms with Crippen LogP contribution in [0.15, 0.2) is 48.6 Å². The number of aromatic nitrogens is 1. The van der Waals surface area contributed by atoms with E-state index in [0.717, 1.165) is 59.6 Å². The molecule has 4 unspecified atom stereocenters. The molecule has 306 valence electrons. The Labute approximate surface area is 335 Å². The molecule has 2 aromatic carbocycles. The van der Waals surface area contributed by atoms with Gasteiger partial charge >= 0.3 is 11.9 Å². The third-order valence-corrected chi connectivity index (χ3v) is 15.3. The lowest BCUT2D eigenvalue weighted by Gasteiger charge is -2.63. The SMILES string of the molecule is CC[C@]1(O)C[C@@H]2CN(CCc3c([nH]c4ccccc34)[C@@](C(=O)OC)(c3cc4c(cc3OC)N(C)C3C45CCN4CC=C[C@](CC)(C45)[C@@H](OC)[C@]3(O)OC(C)=O)C2)C1. The molecule has 1 saturated carbocycles. The summed E-state index contributed by atoms with van der Waals surface area (Å²) in [7, 11) is 6.64. The third kappa shape index (κ3) is 5.03. The molecule has 2 bridgehead atoms. The van der Waals surface area contributed by atoms with Crippen LogP contribution in [0.2, 0.25) is 0 Å². The van der Waals surface area contributed by atoms with Crippen LogP contribution in [0.25, 0.3) is 10.9 Å². The van der Waals surface area contributed by atoms with Gasteiger partial charge in [0.05, 0.1) is 19.8 Å². The molecule has 1 aliphatic carbocycles. The van der Waals surface area contributed by atoms with Crippen molar-refractivity contribution in [1.82, 2.24) is 14.8 Å². The summed E-state index contributed by atoms with van der Waals surface area (Å²) in [6.07, 6.45) is 6.99. The van der Waals surface area contributed by atoms with E-state index < -0.39 is 51.7 Å². The van der Waals surface area contributed by atoms with E-state index in [2.05, 4.69) is 57.0 Å². The molecule has 6 heterocycles. The second kappa shape index (κ2) is 13.3. The Balaban J connectivity index is 1.36. The lowest BCUT2D eigenvalue weighted by Crippen LogP contribution is -2.79. The minimum atomic E-state index is -2.04. The van der Waals surface area contributed by atoms with Gasteiger partial charge in [-0.05, 0) is 74.2 Å². The minimum absolute atomic E-state index is 0.0592. The van der Waals surface area contributed by atoms with E-state index in [9.17, 15) is 15.0 Å². The maximum absolute atomic E-state index is 15.3. The zero-order chi connectivity index (χ0) is 40.3. The number of para-hydroxylation sites is 1. The van der Waals surface area contributed by atoms with Crippen LogP contribution in [-0.4, -0.2) is 128 Å². The van der Waals surface area contributed by atoms with Crippen LogP contribution in [0.3, 0.4) is 0 Å². The van der Waals surface area contributed by atoms with Crippen LogP contribution in [0, 0.1) is 11.3 Å². The average molecular weight is 783 g/mol. The molecule has 0 amide bonds. The molecule has 2 saturated heterocycles. The summed E-state index contributed by atoms with van der Waals surface area (Å²) in [5.74, 6) is -2.57. The fraction of sp³-hybridized carbons (Fsp3) is 0.600. The molecule has 0 radical (unpaired) electrons. The van der Waals surface area contributed by atoms with E-state index in [1.165, 1.54) is 14.0 Å². The number of likely N-dealkylation sites (N-methyl/N-ethyl adjacent to an activating group) is 1. The van der Waals surface area contributed by atoms with Crippen molar-refractivity contribution in [2.24, 2.45) is 11.3 Å². The molecule has 5 aliphatic heterocycles. The van der Waals surface area contributed by atoms with Gasteiger partial charge in [0.1, 0.15) is 23.3 Å². The van der Waals surface area contributed by atoms with E-state index in [1.54, 1.807) is 14.2 Å². The Bertz CT molecular complexity index is 2150. The third-order valence-electron chi connectivity index (χ3n) is 15.3. The number of methoxy groups -OCH3 is 3. The zero-order valence-electron chi connectivity index (χ0n) is 34.4. The highest BCUT2D eigenvalue weighted by molar-refractivity contribution is 5.94. The normalized spacial score (nSPS) is 38.0. The highest BCUT2D eigenvalue weighted by atomic mass is 16.7. The molecule has 1 spiro atoms. The van der Waals surface area contributed by atoms with E-state index in [1.807, 2.05) is 32.2 Å². The van der Waals surface area contributed by atoms with Crippen molar-refractivity contribution in [3.8, 4) is 5.75 Å². The molecular formula is C45H58N4O8. The number of H-pyrrole nitrogens is 1. The standard InChI is InChI=1S/C45H58N4O8/c1-8-41(52)23-28-24-44(40(51)56-7,36-30(15-19-48(25-28)26-41)29-13-10-11-14-33(29)46-36)32-21-31-34(22-35(32)54-5)47(4)38-43(31)17-20-49-18-12-16-42(9-2,37(43)49)39(55-6)45(38,53)57-27(3)50/h10-14,16,21-22,28,37-39,46,52-53H,8-9,15,17-20,23-26H2,1-7H3/t28-,37?,38?,39+,41-,42+,43?,44-,45+/m0/s1. The average Bonchev–Trinajstić information content (AvgIpc) is 3.85. The summed E-state index contributed by atoms with van der Waals surface area (Å²) in [6.45, 7) is 9.06. The molecule has 9 rings (SSSR count). The molecule has 10 atom stereocenters. The summed E-state index contributed by atoms with van der Waals surface area (Å²) in [4.78, 5) is 39.1. The summed E-state index contributed by atoms with van der Waals surface area (Å²) in [6, 6.07) is 11.6. The molecule has 12 heteroatoms. The van der Waals surface area contributed by atoms with Crippen LogP contribution < -0.4 is 9.64 Å². The number of piperidine rings is 1. The van der Waals surface area contributed by atoms with Crippen LogP contribution in [0.1, 0.15) is 75.3 Å². The summed E-state index contributed by atoms with van der Waals surface area (Å²) in [5, 5.41) is 26.2. The number of fused-ring (bicyclic) bond motifs is 6. The van der Waals surface area contributed by atoms with Crippen LogP contribution in [0.5, 0.6) is 5.75 Å². The van der Waals surface area contributed by atoms with Crippen LogP contribution in [-0.2, 0) is 41.1 Å². The van der Waals surface area contributed by atoms with Gasteiger partial charge in [-0.2, -0.15) is 0 Å². The van der Waals surface area contributed by atoms with Crippen LogP contribution >= 0.6 is 0 Å². The highest BCUT2D eigenvalue weighted by Gasteiger charge is 2.79. The number of benzene rings is 2. The van der Waals surface area contributed by atoms with Gasteiger partial charge in [-0.3, -0.25) is 19.4 Å². The molecule has 6 aliphatic rings. The Morgan fingerprint density at radius 3 is 2.49 bits per heavy atom. The quantitative estimate of drug-likeness (QED) is 0.179. The molecule has 1 aromatic heterocycles. The second-order valence-corrected chi connectivity index (χ2v) is 17.9. The van der Waals surface area contributed by atoms with Crippen molar-refractivity contribution in [2.75, 3.05) is 66.0 Å². The van der Waals surface area contributed by atoms with Crippen LogP contribution in [0.4, 0.5) is 5.69 Å². The number of hydrogen-bond donors (Lipinski definition) is 3. The van der Waals surface area contributed by atoms with Gasteiger partial charge in [-0.1, -0.05) is 44.2 Å². The number of aromatic amines is 1. The zero-order valence-corrected chi connectivity index (χ0v) is 34.4. The van der Waals surface area contributed by atoms with Crippen molar-refractivity contribution >= 4 is 28.5 Å². The lowest BCUT2D eigenvalue weighted by molar-refractivity contribution is -0.311. The van der Waals surface area contributed by atoms with Gasteiger partial charge in [-0.15, -0.1) is 0 Å². The first kappa shape index (κ1) is 38.6. The molecule has 3 fully saturated rings. The van der Waals surface area contributed by atoms with E-state index in [-0.39, 0.29) is 12.0 Å². The maximum atomic E-state index is 15.3. The number of nitrogens with one attached hydrogen (secondary N) is 1. The van der Waals surface area contributed by atoms with Crippen molar-refractivity contribution in [3.63, 3.8) is 0 Å². The topological polar surface area (TPSA) is 137 Å². The Morgan fingerprint density at radius 1 is 1.00 bits per heavy atom. The van der Waals surface area contributed by atoms with Gasteiger partial charge in [0.2, 0.25) is 0 Å². The van der Waals surface area contributed by atoms with Crippen molar-refractivity contribution in [2.45, 2.75) is 99.7 Å². The first-order chi connectivity index (χ1) is 27.3.